The summed E-state index contributed by atoms with van der Waals surface area (Å²) >= 11 is 0. The lowest BCUT2D eigenvalue weighted by molar-refractivity contribution is 0.0150. The molecule has 0 spiro atoms. The van der Waals surface area contributed by atoms with Crippen molar-refractivity contribution in [3.63, 3.8) is 0 Å². The van der Waals surface area contributed by atoms with Gasteiger partial charge in [-0.1, -0.05) is 34.6 Å². The van der Waals surface area contributed by atoms with Gasteiger partial charge in [0.05, 0.1) is 13.2 Å². The molecule has 0 radical (unpaired) electrons. The van der Waals surface area contributed by atoms with Crippen molar-refractivity contribution >= 4 is 11.5 Å². The average Bonchev–Trinajstić information content (AvgIpc) is 3.02. The second kappa shape index (κ2) is 7.88. The molecule has 144 valence electrons. The van der Waals surface area contributed by atoms with Crippen molar-refractivity contribution in [1.82, 2.24) is 24.7 Å². The number of aromatic nitrogens is 4. The molecule has 3 rings (SSSR count). The summed E-state index contributed by atoms with van der Waals surface area (Å²) < 4.78 is 7.37. The molecule has 3 heterocycles. The summed E-state index contributed by atoms with van der Waals surface area (Å²) in [4.78, 5) is 2.54. The molecule has 26 heavy (non-hydrogen) atoms. The maximum Gasteiger partial charge on any atom is 0.178 e. The summed E-state index contributed by atoms with van der Waals surface area (Å²) in [5.41, 5.74) is 0.686. The number of hydrogen-bond donors (Lipinski definition) is 1. The molecule has 2 aromatic heterocycles. The molecule has 2 aromatic rings. The van der Waals surface area contributed by atoms with E-state index in [2.05, 4.69) is 55.0 Å². The van der Waals surface area contributed by atoms with Crippen molar-refractivity contribution in [3.8, 4) is 0 Å². The van der Waals surface area contributed by atoms with E-state index in [1.165, 1.54) is 0 Å². The van der Waals surface area contributed by atoms with Crippen molar-refractivity contribution < 1.29 is 4.74 Å². The van der Waals surface area contributed by atoms with Gasteiger partial charge in [-0.15, -0.1) is 15.3 Å². The third kappa shape index (κ3) is 4.51. The van der Waals surface area contributed by atoms with Crippen LogP contribution in [0.15, 0.2) is 12.1 Å². The van der Waals surface area contributed by atoms with Crippen LogP contribution in [-0.4, -0.2) is 63.6 Å². The van der Waals surface area contributed by atoms with Gasteiger partial charge < -0.3 is 10.1 Å². The smallest absolute Gasteiger partial charge is 0.178 e. The number of hydrogen-bond acceptors (Lipinski definition) is 6. The number of ether oxygens (including phenoxy) is 1. The van der Waals surface area contributed by atoms with Crippen LogP contribution in [0.1, 0.15) is 46.9 Å². The Bertz CT molecular complexity index is 714. The highest BCUT2D eigenvalue weighted by molar-refractivity contribution is 5.44. The summed E-state index contributed by atoms with van der Waals surface area (Å²) in [6.45, 7) is 15.5. The maximum atomic E-state index is 5.51. The molecule has 1 fully saturated rings. The number of nitrogens with zero attached hydrogens (tertiary/aromatic N) is 5. The third-order valence-electron chi connectivity index (χ3n) is 4.76. The monoisotopic (exact) mass is 360 g/mol. The molecule has 1 saturated heterocycles. The van der Waals surface area contributed by atoms with Crippen LogP contribution in [0.25, 0.3) is 5.65 Å². The molecule has 7 nitrogen and oxygen atoms in total. The number of morpholine rings is 1. The Kier molecular flexibility index (Phi) is 5.77. The van der Waals surface area contributed by atoms with Crippen molar-refractivity contribution in [3.05, 3.63) is 18.0 Å². The lowest BCUT2D eigenvalue weighted by atomic mass is 9.96. The topological polar surface area (TPSA) is 67.6 Å². The molecule has 0 bridgehead atoms. The summed E-state index contributed by atoms with van der Waals surface area (Å²) in [5.74, 6) is 2.40. The number of rotatable bonds is 6. The maximum absolute atomic E-state index is 5.51. The minimum atomic E-state index is -0.0982. The zero-order chi connectivity index (χ0) is 18.7. The van der Waals surface area contributed by atoms with Crippen LogP contribution in [0.4, 0.5) is 5.82 Å². The van der Waals surface area contributed by atoms with Crippen LogP contribution in [0, 0.1) is 5.92 Å². The van der Waals surface area contributed by atoms with Crippen molar-refractivity contribution in [2.75, 3.05) is 38.2 Å². The van der Waals surface area contributed by atoms with Gasteiger partial charge in [0.15, 0.2) is 11.5 Å². The highest BCUT2D eigenvalue weighted by Gasteiger charge is 2.23. The minimum Gasteiger partial charge on any atom is -0.379 e. The van der Waals surface area contributed by atoms with E-state index in [-0.39, 0.29) is 5.41 Å². The summed E-state index contributed by atoms with van der Waals surface area (Å²) in [6, 6.07) is 4.45. The Morgan fingerprint density at radius 3 is 2.54 bits per heavy atom. The van der Waals surface area contributed by atoms with Crippen LogP contribution < -0.4 is 5.32 Å². The molecule has 1 atom stereocenters. The largest absolute Gasteiger partial charge is 0.379 e. The van der Waals surface area contributed by atoms with Gasteiger partial charge >= 0.3 is 0 Å². The van der Waals surface area contributed by atoms with E-state index >= 15 is 0 Å². The predicted molar refractivity (Wildman–Crippen MR) is 104 cm³/mol. The predicted octanol–water partition coefficient (Wildman–Crippen LogP) is 2.58. The normalized spacial score (nSPS) is 17.8. The lowest BCUT2D eigenvalue weighted by Crippen LogP contribution is -2.47. The van der Waals surface area contributed by atoms with Crippen LogP contribution in [0.3, 0.4) is 0 Å². The summed E-state index contributed by atoms with van der Waals surface area (Å²) in [6.07, 6.45) is 1.16. The van der Waals surface area contributed by atoms with E-state index in [4.69, 9.17) is 9.84 Å². The quantitative estimate of drug-likeness (QED) is 0.854. The van der Waals surface area contributed by atoms with E-state index in [1.54, 1.807) is 0 Å². The standard InChI is InChI=1S/C19H32N6O/c1-14(2)12-15(24-8-10-26-11-9-24)13-20-16-6-7-17-21-22-18(19(3,4)5)25(17)23-16/h6-7,14-15H,8-13H2,1-5H3,(H,20,23). The Morgan fingerprint density at radius 2 is 1.88 bits per heavy atom. The number of fused-ring (bicyclic) bond motifs is 1. The zero-order valence-electron chi connectivity index (χ0n) is 16.7. The molecule has 7 heteroatoms. The van der Waals surface area contributed by atoms with Gasteiger partial charge in [0.25, 0.3) is 0 Å². The Balaban J connectivity index is 1.74. The van der Waals surface area contributed by atoms with Gasteiger partial charge in [-0.25, -0.2) is 0 Å². The Hall–Kier alpha value is -1.73. The van der Waals surface area contributed by atoms with Crippen LogP contribution >= 0.6 is 0 Å². The van der Waals surface area contributed by atoms with Gasteiger partial charge in [0, 0.05) is 31.1 Å². The van der Waals surface area contributed by atoms with E-state index in [0.29, 0.717) is 12.0 Å². The van der Waals surface area contributed by atoms with Crippen molar-refractivity contribution in [2.24, 2.45) is 5.92 Å². The first-order valence-corrected chi connectivity index (χ1v) is 9.63. The highest BCUT2D eigenvalue weighted by Crippen LogP contribution is 2.21. The SMILES string of the molecule is CC(C)CC(CNc1ccc2nnc(C(C)(C)C)n2n1)N1CCOCC1. The zero-order valence-corrected chi connectivity index (χ0v) is 16.7. The minimum absolute atomic E-state index is 0.0982. The van der Waals surface area contributed by atoms with E-state index < -0.39 is 0 Å². The molecule has 1 aliphatic heterocycles. The lowest BCUT2D eigenvalue weighted by Gasteiger charge is -2.35. The molecule has 1 aliphatic rings. The van der Waals surface area contributed by atoms with Gasteiger partial charge in [-0.2, -0.15) is 4.52 Å². The van der Waals surface area contributed by atoms with E-state index in [9.17, 15) is 0 Å². The first kappa shape index (κ1) is 19.0. The van der Waals surface area contributed by atoms with Crippen LogP contribution in [-0.2, 0) is 10.2 Å². The average molecular weight is 361 g/mol. The fraction of sp³-hybridized carbons (Fsp3) is 0.737. The molecule has 0 aliphatic carbocycles. The van der Waals surface area contributed by atoms with Gasteiger partial charge in [-0.3, -0.25) is 4.90 Å². The van der Waals surface area contributed by atoms with Crippen molar-refractivity contribution in [1.29, 1.82) is 0 Å². The fourth-order valence-corrected chi connectivity index (χ4v) is 3.42. The number of anilines is 1. The molecule has 0 saturated carbocycles. The first-order chi connectivity index (χ1) is 12.3. The van der Waals surface area contributed by atoms with Gasteiger partial charge in [-0.05, 0) is 24.5 Å². The Labute approximate surface area is 156 Å². The molecular weight excluding hydrogens is 328 g/mol. The van der Waals surface area contributed by atoms with Crippen molar-refractivity contribution in [2.45, 2.75) is 52.5 Å². The summed E-state index contributed by atoms with van der Waals surface area (Å²) in [5, 5.41) is 16.8. The highest BCUT2D eigenvalue weighted by atomic mass is 16.5. The fourth-order valence-electron chi connectivity index (χ4n) is 3.42. The third-order valence-corrected chi connectivity index (χ3v) is 4.76. The van der Waals surface area contributed by atoms with E-state index in [0.717, 1.165) is 56.6 Å². The van der Waals surface area contributed by atoms with Crippen LogP contribution in [0.5, 0.6) is 0 Å². The van der Waals surface area contributed by atoms with E-state index in [1.807, 2.05) is 16.6 Å². The molecular formula is C19H32N6O. The number of nitrogens with one attached hydrogen (secondary N) is 1. The molecule has 1 N–H and O–H groups in total. The molecule has 0 aromatic carbocycles. The van der Waals surface area contributed by atoms with Gasteiger partial charge in [0.2, 0.25) is 0 Å². The molecule has 1 unspecified atom stereocenters. The Morgan fingerprint density at radius 1 is 1.15 bits per heavy atom. The van der Waals surface area contributed by atoms with Crippen LogP contribution in [0.2, 0.25) is 0 Å². The first-order valence-electron chi connectivity index (χ1n) is 9.63. The second-order valence-corrected chi connectivity index (χ2v) is 8.57. The molecule has 0 amide bonds. The second-order valence-electron chi connectivity index (χ2n) is 8.57. The van der Waals surface area contributed by atoms with Gasteiger partial charge in [0.1, 0.15) is 5.82 Å². The summed E-state index contributed by atoms with van der Waals surface area (Å²) in [7, 11) is 0.